The molecule has 0 saturated carbocycles. The van der Waals surface area contributed by atoms with Crippen molar-refractivity contribution in [3.8, 4) is 5.69 Å². The van der Waals surface area contributed by atoms with Crippen LogP contribution in [0.5, 0.6) is 0 Å². The van der Waals surface area contributed by atoms with Gasteiger partial charge in [0.25, 0.3) is 0 Å². The maximum atomic E-state index is 5.09. The van der Waals surface area contributed by atoms with Gasteiger partial charge in [-0.05, 0) is 44.7 Å². The fourth-order valence-corrected chi connectivity index (χ4v) is 4.18. The highest BCUT2D eigenvalue weighted by atomic mass is 15.3. The zero-order valence-corrected chi connectivity index (χ0v) is 16.7. The van der Waals surface area contributed by atoms with Crippen molar-refractivity contribution >= 4 is 27.6 Å². The summed E-state index contributed by atoms with van der Waals surface area (Å²) in [6.45, 7) is 8.32. The standard InChI is InChI=1S/C23H25N5/c1-16-7-6-8-18(15-16)28-22-19-9-4-5-10-20(19)24-23(21(22)17(2)25-28)27-13-11-26(3)12-14-27/h4-10,15H,11-14H2,1-3H3. The normalized spacial score (nSPS) is 15.6. The second-order valence-corrected chi connectivity index (χ2v) is 7.80. The number of anilines is 1. The molecule has 0 amide bonds. The van der Waals surface area contributed by atoms with Crippen molar-refractivity contribution in [2.24, 2.45) is 0 Å². The molecule has 5 nitrogen and oxygen atoms in total. The summed E-state index contributed by atoms with van der Waals surface area (Å²) in [6, 6.07) is 17.0. The van der Waals surface area contributed by atoms with Gasteiger partial charge in [-0.1, -0.05) is 30.3 Å². The van der Waals surface area contributed by atoms with Crippen molar-refractivity contribution in [3.63, 3.8) is 0 Å². The summed E-state index contributed by atoms with van der Waals surface area (Å²) in [7, 11) is 2.18. The smallest absolute Gasteiger partial charge is 0.140 e. The maximum absolute atomic E-state index is 5.09. The highest BCUT2D eigenvalue weighted by Crippen LogP contribution is 2.35. The van der Waals surface area contributed by atoms with E-state index in [9.17, 15) is 0 Å². The Labute approximate surface area is 165 Å². The van der Waals surface area contributed by atoms with Gasteiger partial charge in [0.2, 0.25) is 0 Å². The van der Waals surface area contributed by atoms with E-state index in [0.717, 1.165) is 59.8 Å². The molecule has 0 unspecified atom stereocenters. The Morgan fingerprint density at radius 2 is 1.68 bits per heavy atom. The van der Waals surface area contributed by atoms with E-state index in [-0.39, 0.29) is 0 Å². The minimum Gasteiger partial charge on any atom is -0.353 e. The molecule has 1 saturated heterocycles. The Morgan fingerprint density at radius 1 is 0.893 bits per heavy atom. The lowest BCUT2D eigenvalue weighted by molar-refractivity contribution is 0.312. The van der Waals surface area contributed by atoms with Gasteiger partial charge in [-0.2, -0.15) is 5.10 Å². The van der Waals surface area contributed by atoms with Crippen LogP contribution in [0.4, 0.5) is 5.82 Å². The van der Waals surface area contributed by atoms with Crippen molar-refractivity contribution in [1.29, 1.82) is 0 Å². The number of aryl methyl sites for hydroxylation is 2. The molecule has 28 heavy (non-hydrogen) atoms. The van der Waals surface area contributed by atoms with Crippen LogP contribution in [0.15, 0.2) is 48.5 Å². The van der Waals surface area contributed by atoms with Gasteiger partial charge in [0, 0.05) is 31.6 Å². The number of piperazine rings is 1. The third-order valence-corrected chi connectivity index (χ3v) is 5.72. The molecule has 142 valence electrons. The zero-order valence-electron chi connectivity index (χ0n) is 16.7. The van der Waals surface area contributed by atoms with Gasteiger partial charge >= 0.3 is 0 Å². The Kier molecular flexibility index (Phi) is 4.05. The fraction of sp³-hybridized carbons (Fsp3) is 0.304. The molecule has 0 aliphatic carbocycles. The van der Waals surface area contributed by atoms with Crippen LogP contribution < -0.4 is 4.90 Å². The topological polar surface area (TPSA) is 37.2 Å². The van der Waals surface area contributed by atoms with E-state index in [1.54, 1.807) is 0 Å². The van der Waals surface area contributed by atoms with Crippen molar-refractivity contribution in [1.82, 2.24) is 19.7 Å². The van der Waals surface area contributed by atoms with Crippen LogP contribution in [0, 0.1) is 13.8 Å². The summed E-state index contributed by atoms with van der Waals surface area (Å²) in [5.74, 6) is 1.07. The molecule has 0 bridgehead atoms. The van der Waals surface area contributed by atoms with Gasteiger partial charge in [-0.15, -0.1) is 0 Å². The Balaban J connectivity index is 1.82. The van der Waals surface area contributed by atoms with E-state index in [4.69, 9.17) is 10.1 Å². The third kappa shape index (κ3) is 2.74. The number of likely N-dealkylation sites (N-methyl/N-ethyl adjacent to an activating group) is 1. The van der Waals surface area contributed by atoms with Crippen molar-refractivity contribution < 1.29 is 0 Å². The minimum atomic E-state index is 0.992. The molecule has 4 aromatic rings. The molecule has 5 heteroatoms. The van der Waals surface area contributed by atoms with Gasteiger partial charge in [0.15, 0.2) is 0 Å². The number of rotatable bonds is 2. The monoisotopic (exact) mass is 371 g/mol. The quantitative estimate of drug-likeness (QED) is 0.535. The largest absolute Gasteiger partial charge is 0.353 e. The number of fused-ring (bicyclic) bond motifs is 3. The van der Waals surface area contributed by atoms with Crippen LogP contribution in [0.3, 0.4) is 0 Å². The highest BCUT2D eigenvalue weighted by Gasteiger charge is 2.23. The fourth-order valence-electron chi connectivity index (χ4n) is 4.18. The van der Waals surface area contributed by atoms with Crippen molar-refractivity contribution in [3.05, 3.63) is 59.8 Å². The first-order valence-corrected chi connectivity index (χ1v) is 9.90. The van der Waals surface area contributed by atoms with Crippen LogP contribution in [0.1, 0.15) is 11.3 Å². The van der Waals surface area contributed by atoms with E-state index >= 15 is 0 Å². The number of aromatic nitrogens is 3. The average molecular weight is 371 g/mol. The van der Waals surface area contributed by atoms with Crippen molar-refractivity contribution in [2.45, 2.75) is 13.8 Å². The van der Waals surface area contributed by atoms with Crippen LogP contribution >= 0.6 is 0 Å². The Bertz CT molecular complexity index is 1170. The Hall–Kier alpha value is -2.92. The number of pyridine rings is 1. The molecule has 1 aliphatic rings. The number of nitrogens with zero attached hydrogens (tertiary/aromatic N) is 5. The van der Waals surface area contributed by atoms with Crippen LogP contribution in [0.2, 0.25) is 0 Å². The first kappa shape index (κ1) is 17.2. The molecule has 5 rings (SSSR count). The summed E-state index contributed by atoms with van der Waals surface area (Å²) < 4.78 is 2.10. The molecule has 0 atom stereocenters. The SMILES string of the molecule is Cc1cccc(-n2nc(C)c3c(N4CCN(C)CC4)nc4ccccc4c32)c1. The van der Waals surface area contributed by atoms with E-state index in [0.29, 0.717) is 0 Å². The molecule has 1 aliphatic heterocycles. The van der Waals surface area contributed by atoms with Gasteiger partial charge < -0.3 is 9.80 Å². The van der Waals surface area contributed by atoms with Gasteiger partial charge in [0.05, 0.1) is 27.8 Å². The maximum Gasteiger partial charge on any atom is 0.140 e. The first-order valence-electron chi connectivity index (χ1n) is 9.90. The zero-order chi connectivity index (χ0) is 19.3. The minimum absolute atomic E-state index is 0.992. The Morgan fingerprint density at radius 3 is 2.46 bits per heavy atom. The summed E-state index contributed by atoms with van der Waals surface area (Å²) in [5, 5.41) is 7.28. The average Bonchev–Trinajstić information content (AvgIpc) is 3.06. The van der Waals surface area contributed by atoms with Gasteiger partial charge in [-0.3, -0.25) is 0 Å². The van der Waals surface area contributed by atoms with Crippen LogP contribution in [0.25, 0.3) is 27.5 Å². The predicted octanol–water partition coefficient (Wildman–Crippen LogP) is 3.94. The van der Waals surface area contributed by atoms with E-state index in [1.807, 2.05) is 0 Å². The number of hydrogen-bond donors (Lipinski definition) is 0. The van der Waals surface area contributed by atoms with E-state index in [2.05, 4.69) is 83.9 Å². The highest BCUT2D eigenvalue weighted by molar-refractivity contribution is 6.10. The molecular formula is C23H25N5. The third-order valence-electron chi connectivity index (χ3n) is 5.72. The van der Waals surface area contributed by atoms with Crippen LogP contribution in [-0.4, -0.2) is 52.9 Å². The lowest BCUT2D eigenvalue weighted by atomic mass is 10.1. The van der Waals surface area contributed by atoms with Gasteiger partial charge in [0.1, 0.15) is 5.82 Å². The summed E-state index contributed by atoms with van der Waals surface area (Å²) in [6.07, 6.45) is 0. The summed E-state index contributed by atoms with van der Waals surface area (Å²) >= 11 is 0. The molecule has 2 aromatic carbocycles. The molecule has 0 spiro atoms. The molecule has 3 heterocycles. The molecule has 0 radical (unpaired) electrons. The van der Waals surface area contributed by atoms with E-state index in [1.165, 1.54) is 10.9 Å². The van der Waals surface area contributed by atoms with Crippen molar-refractivity contribution in [2.75, 3.05) is 38.1 Å². The molecule has 0 N–H and O–H groups in total. The molecular weight excluding hydrogens is 346 g/mol. The summed E-state index contributed by atoms with van der Waals surface area (Å²) in [4.78, 5) is 9.88. The van der Waals surface area contributed by atoms with Gasteiger partial charge in [-0.25, -0.2) is 9.67 Å². The number of hydrogen-bond acceptors (Lipinski definition) is 4. The number of para-hydroxylation sites is 1. The summed E-state index contributed by atoms with van der Waals surface area (Å²) in [5.41, 5.74) is 5.54. The van der Waals surface area contributed by atoms with E-state index < -0.39 is 0 Å². The molecule has 2 aromatic heterocycles. The molecule has 1 fully saturated rings. The predicted molar refractivity (Wildman–Crippen MR) is 116 cm³/mol. The second kappa shape index (κ2) is 6.60. The second-order valence-electron chi connectivity index (χ2n) is 7.80. The first-order chi connectivity index (χ1) is 13.6. The lowest BCUT2D eigenvalue weighted by Crippen LogP contribution is -2.44. The van der Waals surface area contributed by atoms with Crippen LogP contribution in [-0.2, 0) is 0 Å². The number of benzene rings is 2. The lowest BCUT2D eigenvalue weighted by Gasteiger charge is -2.33.